The molecule has 1 aliphatic rings. The highest BCUT2D eigenvalue weighted by molar-refractivity contribution is 9.10. The summed E-state index contributed by atoms with van der Waals surface area (Å²) < 4.78 is 6.38. The van der Waals surface area contributed by atoms with Crippen LogP contribution in [0.1, 0.15) is 5.56 Å². The number of rotatable bonds is 4. The van der Waals surface area contributed by atoms with E-state index in [0.717, 1.165) is 47.7 Å². The van der Waals surface area contributed by atoms with E-state index in [1.54, 1.807) is 12.2 Å². The molecule has 0 aromatic heterocycles. The Labute approximate surface area is 150 Å². The van der Waals surface area contributed by atoms with Crippen molar-refractivity contribution < 1.29 is 9.53 Å². The maximum absolute atomic E-state index is 12.0. The minimum Gasteiger partial charge on any atom is -0.378 e. The van der Waals surface area contributed by atoms with E-state index in [2.05, 4.69) is 26.1 Å². The lowest BCUT2D eigenvalue weighted by atomic mass is 10.2. The molecule has 0 spiro atoms. The molecule has 1 saturated heterocycles. The van der Waals surface area contributed by atoms with E-state index in [0.29, 0.717) is 0 Å². The summed E-state index contributed by atoms with van der Waals surface area (Å²) in [6.45, 7) is 3.34. The first kappa shape index (κ1) is 16.7. The van der Waals surface area contributed by atoms with Crippen LogP contribution in [-0.2, 0) is 9.53 Å². The minimum atomic E-state index is -0.142. The van der Waals surface area contributed by atoms with Crippen molar-refractivity contribution in [1.82, 2.24) is 0 Å². The van der Waals surface area contributed by atoms with Gasteiger partial charge in [0.05, 0.1) is 13.2 Å². The van der Waals surface area contributed by atoms with Crippen molar-refractivity contribution in [2.45, 2.75) is 0 Å². The van der Waals surface area contributed by atoms with Gasteiger partial charge in [-0.15, -0.1) is 0 Å². The van der Waals surface area contributed by atoms with Crippen molar-refractivity contribution in [3.05, 3.63) is 64.6 Å². The molecule has 0 radical (unpaired) electrons. The van der Waals surface area contributed by atoms with Gasteiger partial charge in [0.25, 0.3) is 0 Å². The van der Waals surface area contributed by atoms with E-state index in [9.17, 15) is 4.79 Å². The summed E-state index contributed by atoms with van der Waals surface area (Å²) in [7, 11) is 0. The smallest absolute Gasteiger partial charge is 0.248 e. The van der Waals surface area contributed by atoms with Crippen LogP contribution < -0.4 is 10.2 Å². The number of anilines is 2. The Kier molecular flexibility index (Phi) is 5.67. The Morgan fingerprint density at radius 1 is 1.04 bits per heavy atom. The van der Waals surface area contributed by atoms with Gasteiger partial charge in [-0.3, -0.25) is 4.79 Å². The summed E-state index contributed by atoms with van der Waals surface area (Å²) in [5.41, 5.74) is 2.93. The molecule has 2 aromatic carbocycles. The van der Waals surface area contributed by atoms with Gasteiger partial charge in [0.1, 0.15) is 0 Å². The van der Waals surface area contributed by atoms with Crippen molar-refractivity contribution in [3.63, 3.8) is 0 Å². The number of hydrogen-bond acceptors (Lipinski definition) is 3. The highest BCUT2D eigenvalue weighted by atomic mass is 79.9. The number of benzene rings is 2. The van der Waals surface area contributed by atoms with Crippen LogP contribution in [0.5, 0.6) is 0 Å². The van der Waals surface area contributed by atoms with Gasteiger partial charge in [0.15, 0.2) is 0 Å². The van der Waals surface area contributed by atoms with Crippen LogP contribution in [0, 0.1) is 0 Å². The Balaban J connectivity index is 1.57. The Morgan fingerprint density at radius 2 is 1.71 bits per heavy atom. The summed E-state index contributed by atoms with van der Waals surface area (Å²) in [5, 5.41) is 2.88. The van der Waals surface area contributed by atoms with Crippen LogP contribution in [0.25, 0.3) is 6.08 Å². The molecule has 0 atom stereocenters. The summed E-state index contributed by atoms with van der Waals surface area (Å²) in [6, 6.07) is 15.7. The average Bonchev–Trinajstić information content (AvgIpc) is 2.63. The van der Waals surface area contributed by atoms with Crippen LogP contribution in [-0.4, -0.2) is 32.2 Å². The number of halogens is 1. The number of nitrogens with one attached hydrogen (secondary N) is 1. The number of hydrogen-bond donors (Lipinski definition) is 1. The number of ether oxygens (including phenoxy) is 1. The molecule has 0 bridgehead atoms. The Hall–Kier alpha value is -2.11. The van der Waals surface area contributed by atoms with E-state index in [1.165, 1.54) is 0 Å². The molecule has 0 saturated carbocycles. The molecule has 1 fully saturated rings. The number of carbonyl (C=O) groups is 1. The predicted octanol–water partition coefficient (Wildman–Crippen LogP) is 3.94. The zero-order valence-electron chi connectivity index (χ0n) is 13.2. The zero-order chi connectivity index (χ0) is 16.8. The van der Waals surface area contributed by atoms with E-state index in [-0.39, 0.29) is 5.91 Å². The molecule has 0 unspecified atom stereocenters. The summed E-state index contributed by atoms with van der Waals surface area (Å²) in [4.78, 5) is 14.3. The van der Waals surface area contributed by atoms with E-state index in [4.69, 9.17) is 4.74 Å². The van der Waals surface area contributed by atoms with Crippen molar-refractivity contribution >= 4 is 39.3 Å². The fourth-order valence-corrected chi connectivity index (χ4v) is 2.77. The van der Waals surface area contributed by atoms with Crippen molar-refractivity contribution in [1.29, 1.82) is 0 Å². The van der Waals surface area contributed by atoms with Crippen molar-refractivity contribution in [2.75, 3.05) is 36.5 Å². The molecule has 3 rings (SSSR count). The number of amides is 1. The third-order valence-corrected chi connectivity index (χ3v) is 4.34. The molecular weight excluding hydrogens is 368 g/mol. The standard InChI is InChI=1S/C19H19BrN2O2/c20-16-4-1-15(2-5-16)3-10-19(23)21-17-6-8-18(9-7-17)22-11-13-24-14-12-22/h1-10H,11-14H2,(H,21,23)/b10-3+. The van der Waals surface area contributed by atoms with E-state index in [1.807, 2.05) is 48.5 Å². The molecule has 0 aliphatic carbocycles. The van der Waals surface area contributed by atoms with Crippen LogP contribution in [0.2, 0.25) is 0 Å². The van der Waals surface area contributed by atoms with Crippen LogP contribution >= 0.6 is 15.9 Å². The maximum Gasteiger partial charge on any atom is 0.248 e. The predicted molar refractivity (Wildman–Crippen MR) is 101 cm³/mol. The highest BCUT2D eigenvalue weighted by Crippen LogP contribution is 2.19. The van der Waals surface area contributed by atoms with Gasteiger partial charge in [-0.25, -0.2) is 0 Å². The van der Waals surface area contributed by atoms with Crippen molar-refractivity contribution in [2.24, 2.45) is 0 Å². The van der Waals surface area contributed by atoms with Crippen molar-refractivity contribution in [3.8, 4) is 0 Å². The summed E-state index contributed by atoms with van der Waals surface area (Å²) in [5.74, 6) is -0.142. The number of morpholine rings is 1. The Morgan fingerprint density at radius 3 is 2.38 bits per heavy atom. The second kappa shape index (κ2) is 8.13. The van der Waals surface area contributed by atoms with Gasteiger partial charge in [0.2, 0.25) is 5.91 Å². The van der Waals surface area contributed by atoms with Gasteiger partial charge in [-0.05, 0) is 48.0 Å². The first-order valence-corrected chi connectivity index (χ1v) is 8.67. The quantitative estimate of drug-likeness (QED) is 0.809. The zero-order valence-corrected chi connectivity index (χ0v) is 14.8. The molecule has 1 aliphatic heterocycles. The lowest BCUT2D eigenvalue weighted by Crippen LogP contribution is -2.36. The Bertz CT molecular complexity index is 705. The van der Waals surface area contributed by atoms with E-state index < -0.39 is 0 Å². The number of carbonyl (C=O) groups excluding carboxylic acids is 1. The molecule has 5 heteroatoms. The molecule has 1 amide bonds. The van der Waals surface area contributed by atoms with Gasteiger partial charge >= 0.3 is 0 Å². The molecule has 124 valence electrons. The van der Waals surface area contributed by atoms with Gasteiger partial charge in [0, 0.05) is 35.0 Å². The molecule has 2 aromatic rings. The lowest BCUT2D eigenvalue weighted by molar-refractivity contribution is -0.111. The van der Waals surface area contributed by atoms with Crippen LogP contribution in [0.15, 0.2) is 59.1 Å². The molecule has 1 heterocycles. The fraction of sp³-hybridized carbons (Fsp3) is 0.211. The summed E-state index contributed by atoms with van der Waals surface area (Å²) >= 11 is 3.39. The third kappa shape index (κ3) is 4.69. The van der Waals surface area contributed by atoms with Crippen LogP contribution in [0.4, 0.5) is 11.4 Å². The highest BCUT2D eigenvalue weighted by Gasteiger charge is 2.10. The first-order chi connectivity index (χ1) is 11.7. The average molecular weight is 387 g/mol. The van der Waals surface area contributed by atoms with E-state index >= 15 is 0 Å². The SMILES string of the molecule is O=C(/C=C/c1ccc(Br)cc1)Nc1ccc(N2CCOCC2)cc1. The van der Waals surface area contributed by atoms with Gasteiger partial charge < -0.3 is 15.0 Å². The van der Waals surface area contributed by atoms with Crippen LogP contribution in [0.3, 0.4) is 0 Å². The first-order valence-electron chi connectivity index (χ1n) is 7.88. The monoisotopic (exact) mass is 386 g/mol. The van der Waals surface area contributed by atoms with Gasteiger partial charge in [-0.1, -0.05) is 28.1 Å². The molecule has 24 heavy (non-hydrogen) atoms. The van der Waals surface area contributed by atoms with Gasteiger partial charge in [-0.2, -0.15) is 0 Å². The molecule has 4 nitrogen and oxygen atoms in total. The topological polar surface area (TPSA) is 41.6 Å². The second-order valence-corrected chi connectivity index (χ2v) is 6.44. The lowest BCUT2D eigenvalue weighted by Gasteiger charge is -2.28. The largest absolute Gasteiger partial charge is 0.378 e. The minimum absolute atomic E-state index is 0.142. The second-order valence-electron chi connectivity index (χ2n) is 5.52. The normalized spacial score (nSPS) is 14.8. The number of nitrogens with zero attached hydrogens (tertiary/aromatic N) is 1. The molecular formula is C19H19BrN2O2. The fourth-order valence-electron chi connectivity index (χ4n) is 2.51. The molecule has 1 N–H and O–H groups in total. The maximum atomic E-state index is 12.0. The third-order valence-electron chi connectivity index (χ3n) is 3.81. The summed E-state index contributed by atoms with van der Waals surface area (Å²) in [6.07, 6.45) is 3.34.